The molecule has 27 heavy (non-hydrogen) atoms. The second kappa shape index (κ2) is 9.48. The second-order valence-electron chi connectivity index (χ2n) is 6.23. The van der Waals surface area contributed by atoms with E-state index in [-0.39, 0.29) is 5.75 Å². The molecule has 5 heteroatoms. The summed E-state index contributed by atoms with van der Waals surface area (Å²) in [5.41, 5.74) is 4.60. The fraction of sp³-hybridized carbons (Fsp3) is 0.227. The van der Waals surface area contributed by atoms with Crippen LogP contribution in [0.25, 0.3) is 12.2 Å². The number of nitrogens with one attached hydrogen (secondary N) is 1. The predicted octanol–water partition coefficient (Wildman–Crippen LogP) is 4.66. The Balaban J connectivity index is 2.41. The number of allylic oxidation sites excluding steroid dienone is 2. The summed E-state index contributed by atoms with van der Waals surface area (Å²) in [7, 11) is 3.11. The van der Waals surface area contributed by atoms with Gasteiger partial charge in [0.1, 0.15) is 5.75 Å². The molecule has 2 aromatic carbocycles. The minimum Gasteiger partial charge on any atom is -0.504 e. The van der Waals surface area contributed by atoms with E-state index in [0.717, 1.165) is 16.7 Å². The van der Waals surface area contributed by atoms with Crippen molar-refractivity contribution in [2.45, 2.75) is 20.3 Å². The van der Waals surface area contributed by atoms with Crippen molar-refractivity contribution in [2.24, 2.45) is 0 Å². The molecule has 0 heterocycles. The van der Waals surface area contributed by atoms with Crippen LogP contribution >= 0.6 is 0 Å². The van der Waals surface area contributed by atoms with Gasteiger partial charge in [-0.25, -0.2) is 0 Å². The van der Waals surface area contributed by atoms with Crippen LogP contribution in [-0.2, 0) is 11.2 Å². The van der Waals surface area contributed by atoms with E-state index in [4.69, 9.17) is 9.47 Å². The smallest absolute Gasteiger partial charge is 0.211 e. The summed E-state index contributed by atoms with van der Waals surface area (Å²) >= 11 is 0. The van der Waals surface area contributed by atoms with Gasteiger partial charge in [-0.2, -0.15) is 0 Å². The molecular formula is C22H25NO4. The molecule has 142 valence electrons. The summed E-state index contributed by atoms with van der Waals surface area (Å²) in [6.07, 6.45) is 7.29. The zero-order chi connectivity index (χ0) is 19.8. The first kappa shape index (κ1) is 20.1. The highest BCUT2D eigenvalue weighted by molar-refractivity contribution is 5.79. The van der Waals surface area contributed by atoms with Gasteiger partial charge in [-0.1, -0.05) is 35.9 Å². The molecule has 2 rings (SSSR count). The molecule has 0 bridgehead atoms. The zero-order valence-electron chi connectivity index (χ0n) is 16.1. The Kier molecular flexibility index (Phi) is 7.06. The Morgan fingerprint density at radius 3 is 2.52 bits per heavy atom. The third-order valence-corrected chi connectivity index (χ3v) is 4.09. The van der Waals surface area contributed by atoms with E-state index in [1.54, 1.807) is 26.4 Å². The van der Waals surface area contributed by atoms with E-state index >= 15 is 0 Å². The maximum atomic E-state index is 10.7. The van der Waals surface area contributed by atoms with Crippen LogP contribution < -0.4 is 14.8 Å². The van der Waals surface area contributed by atoms with Gasteiger partial charge >= 0.3 is 0 Å². The largest absolute Gasteiger partial charge is 0.504 e. The number of carbonyl (C=O) groups is 1. The molecule has 0 aliphatic carbocycles. The highest BCUT2D eigenvalue weighted by Gasteiger charge is 2.11. The first-order valence-corrected chi connectivity index (χ1v) is 8.58. The minimum atomic E-state index is 0.123. The number of phenols is 1. The number of benzene rings is 2. The molecule has 0 aliphatic heterocycles. The highest BCUT2D eigenvalue weighted by Crippen LogP contribution is 2.34. The van der Waals surface area contributed by atoms with Crippen molar-refractivity contribution in [1.82, 2.24) is 0 Å². The molecule has 2 N–H and O–H groups in total. The van der Waals surface area contributed by atoms with Gasteiger partial charge in [-0.05, 0) is 49.6 Å². The van der Waals surface area contributed by atoms with E-state index in [9.17, 15) is 9.90 Å². The summed E-state index contributed by atoms with van der Waals surface area (Å²) in [4.78, 5) is 10.7. The summed E-state index contributed by atoms with van der Waals surface area (Å²) in [6.45, 7) is 4.07. The van der Waals surface area contributed by atoms with Crippen molar-refractivity contribution < 1.29 is 19.4 Å². The molecule has 0 spiro atoms. The lowest BCUT2D eigenvalue weighted by molar-refractivity contribution is -0.105. The lowest BCUT2D eigenvalue weighted by Crippen LogP contribution is -1.97. The quantitative estimate of drug-likeness (QED) is 0.405. The molecule has 1 amide bonds. The summed E-state index contributed by atoms with van der Waals surface area (Å²) in [6, 6.07) is 9.01. The highest BCUT2D eigenvalue weighted by atomic mass is 16.5. The van der Waals surface area contributed by atoms with E-state index in [1.807, 2.05) is 44.2 Å². The number of ether oxygens (including phenoxy) is 2. The van der Waals surface area contributed by atoms with Crippen LogP contribution in [0.15, 0.2) is 42.0 Å². The number of phenolic OH excluding ortho intramolecular Hbond substituents is 1. The van der Waals surface area contributed by atoms with Crippen molar-refractivity contribution in [1.29, 1.82) is 0 Å². The number of aromatic hydroxyl groups is 1. The zero-order valence-corrected chi connectivity index (χ0v) is 16.1. The predicted molar refractivity (Wildman–Crippen MR) is 109 cm³/mol. The van der Waals surface area contributed by atoms with Gasteiger partial charge in [-0.3, -0.25) is 4.79 Å². The van der Waals surface area contributed by atoms with E-state index in [1.165, 1.54) is 5.57 Å². The number of rotatable bonds is 8. The average Bonchev–Trinajstić information content (AvgIpc) is 2.66. The number of carbonyl (C=O) groups excluding carboxylic acids is 1. The maximum Gasteiger partial charge on any atom is 0.211 e. The lowest BCUT2D eigenvalue weighted by atomic mass is 10.00. The van der Waals surface area contributed by atoms with Crippen molar-refractivity contribution >= 4 is 24.2 Å². The van der Waals surface area contributed by atoms with Crippen LogP contribution in [0.2, 0.25) is 0 Å². The van der Waals surface area contributed by atoms with Gasteiger partial charge in [-0.15, -0.1) is 0 Å². The molecule has 0 fully saturated rings. The lowest BCUT2D eigenvalue weighted by Gasteiger charge is -2.12. The Labute approximate surface area is 159 Å². The molecule has 0 radical (unpaired) electrons. The molecule has 0 unspecified atom stereocenters. The fourth-order valence-corrected chi connectivity index (χ4v) is 2.71. The molecule has 0 aliphatic rings. The number of methoxy groups -OCH3 is 2. The van der Waals surface area contributed by atoms with Gasteiger partial charge in [0.2, 0.25) is 6.41 Å². The SMILES string of the molecule is COc1cc(/C=C/c2ccc(O)c(OC)c2CC=C(C)C)ccc1NC=O. The van der Waals surface area contributed by atoms with Crippen molar-refractivity contribution in [2.75, 3.05) is 19.5 Å². The number of hydrogen-bond donors (Lipinski definition) is 2. The molecule has 2 aromatic rings. The summed E-state index contributed by atoms with van der Waals surface area (Å²) in [5.74, 6) is 1.19. The van der Waals surface area contributed by atoms with E-state index in [0.29, 0.717) is 30.0 Å². The van der Waals surface area contributed by atoms with E-state index in [2.05, 4.69) is 11.4 Å². The van der Waals surface area contributed by atoms with Crippen LogP contribution in [0.3, 0.4) is 0 Å². The Bertz CT molecular complexity index is 865. The third kappa shape index (κ3) is 5.14. The number of amides is 1. The Morgan fingerprint density at radius 2 is 1.89 bits per heavy atom. The van der Waals surface area contributed by atoms with Crippen LogP contribution in [-0.4, -0.2) is 25.7 Å². The van der Waals surface area contributed by atoms with Crippen LogP contribution in [0, 0.1) is 0 Å². The van der Waals surface area contributed by atoms with Gasteiger partial charge in [0, 0.05) is 5.56 Å². The molecule has 0 atom stereocenters. The average molecular weight is 367 g/mol. The first-order chi connectivity index (χ1) is 13.0. The monoisotopic (exact) mass is 367 g/mol. The molecule has 0 saturated carbocycles. The normalized spacial score (nSPS) is 10.5. The topological polar surface area (TPSA) is 67.8 Å². The van der Waals surface area contributed by atoms with Gasteiger partial charge in [0.05, 0.1) is 19.9 Å². The number of anilines is 1. The van der Waals surface area contributed by atoms with Crippen molar-refractivity contribution in [3.05, 3.63) is 58.7 Å². The molecule has 5 nitrogen and oxygen atoms in total. The summed E-state index contributed by atoms with van der Waals surface area (Å²) < 4.78 is 10.7. The Morgan fingerprint density at radius 1 is 1.11 bits per heavy atom. The van der Waals surface area contributed by atoms with Gasteiger partial charge in [0.25, 0.3) is 0 Å². The standard InChI is InChI=1S/C22H25NO4/c1-15(2)5-10-18-17(9-12-20(25)22(18)27-4)8-6-16-7-11-19(23-14-24)21(13-16)26-3/h5-9,11-14,25H,10H2,1-4H3,(H,23,24)/b8-6+. The van der Waals surface area contributed by atoms with E-state index < -0.39 is 0 Å². The molecule has 0 saturated heterocycles. The third-order valence-electron chi connectivity index (χ3n) is 4.09. The number of hydrogen-bond acceptors (Lipinski definition) is 4. The second-order valence-corrected chi connectivity index (χ2v) is 6.23. The molecular weight excluding hydrogens is 342 g/mol. The van der Waals surface area contributed by atoms with Crippen LogP contribution in [0.5, 0.6) is 17.2 Å². The van der Waals surface area contributed by atoms with Crippen molar-refractivity contribution in [3.8, 4) is 17.2 Å². The van der Waals surface area contributed by atoms with Crippen molar-refractivity contribution in [3.63, 3.8) is 0 Å². The van der Waals surface area contributed by atoms with Gasteiger partial charge in [0.15, 0.2) is 11.5 Å². The van der Waals surface area contributed by atoms with Crippen LogP contribution in [0.4, 0.5) is 5.69 Å². The first-order valence-electron chi connectivity index (χ1n) is 8.58. The summed E-state index contributed by atoms with van der Waals surface area (Å²) in [5, 5.41) is 12.7. The fourth-order valence-electron chi connectivity index (χ4n) is 2.71. The molecule has 0 aromatic heterocycles. The minimum absolute atomic E-state index is 0.123. The van der Waals surface area contributed by atoms with Gasteiger partial charge < -0.3 is 19.9 Å². The maximum absolute atomic E-state index is 10.7. The Hall–Kier alpha value is -3.21. The van der Waals surface area contributed by atoms with Crippen LogP contribution in [0.1, 0.15) is 30.5 Å².